The second-order valence-corrected chi connectivity index (χ2v) is 8.44. The van der Waals surface area contributed by atoms with Gasteiger partial charge in [-0.05, 0) is 48.9 Å². The lowest BCUT2D eigenvalue weighted by Gasteiger charge is -2.17. The Bertz CT molecular complexity index is 1150. The number of aryl methyl sites for hydroxylation is 1. The zero-order chi connectivity index (χ0) is 18.3. The number of sulfone groups is 1. The molecule has 0 unspecified atom stereocenters. The van der Waals surface area contributed by atoms with E-state index in [0.717, 1.165) is 37.3 Å². The quantitative estimate of drug-likeness (QED) is 0.758. The first-order valence-corrected chi connectivity index (χ1v) is 10.2. The van der Waals surface area contributed by atoms with Gasteiger partial charge >= 0.3 is 0 Å². The van der Waals surface area contributed by atoms with E-state index in [9.17, 15) is 13.2 Å². The maximum Gasteiger partial charge on any atom is 0.259 e. The molecule has 26 heavy (non-hydrogen) atoms. The van der Waals surface area contributed by atoms with E-state index < -0.39 is 15.4 Å². The Hall–Kier alpha value is -2.74. The highest BCUT2D eigenvalue weighted by Gasteiger charge is 2.20. The molecule has 0 bridgehead atoms. The van der Waals surface area contributed by atoms with Gasteiger partial charge in [-0.3, -0.25) is 4.79 Å². The van der Waals surface area contributed by atoms with Gasteiger partial charge in [0.1, 0.15) is 0 Å². The van der Waals surface area contributed by atoms with Gasteiger partial charge in [0.15, 0.2) is 9.84 Å². The average molecular weight is 371 g/mol. The number of hydrogen-bond donors (Lipinski definition) is 1. The van der Waals surface area contributed by atoms with Crippen molar-refractivity contribution in [1.29, 1.82) is 0 Å². The molecule has 2 aromatic heterocycles. The summed E-state index contributed by atoms with van der Waals surface area (Å²) in [7, 11) is -3.46. The number of pyridine rings is 1. The zero-order valence-corrected chi connectivity index (χ0v) is 15.0. The Morgan fingerprint density at radius 1 is 1.15 bits per heavy atom. The van der Waals surface area contributed by atoms with Crippen LogP contribution in [0, 0.1) is 0 Å². The molecular formula is C18H17N3O4S. The van der Waals surface area contributed by atoms with Crippen molar-refractivity contribution in [3.05, 3.63) is 51.9 Å². The van der Waals surface area contributed by atoms with Gasteiger partial charge in [0.2, 0.25) is 5.82 Å². The van der Waals surface area contributed by atoms with Crippen molar-refractivity contribution < 1.29 is 12.9 Å². The maximum absolute atomic E-state index is 12.1. The Balaban J connectivity index is 1.80. The number of benzene rings is 1. The van der Waals surface area contributed by atoms with E-state index in [1.165, 1.54) is 23.6 Å². The van der Waals surface area contributed by atoms with Gasteiger partial charge in [-0.15, -0.1) is 0 Å². The number of nitrogens with zero attached hydrogens (tertiary/aromatic N) is 2. The number of hydrogen-bond acceptors (Lipinski definition) is 6. The second kappa shape index (κ2) is 6.21. The third kappa shape index (κ3) is 2.96. The van der Waals surface area contributed by atoms with Gasteiger partial charge in [-0.2, -0.15) is 4.98 Å². The summed E-state index contributed by atoms with van der Waals surface area (Å²) in [4.78, 5) is 18.9. The second-order valence-electron chi connectivity index (χ2n) is 6.42. The summed E-state index contributed by atoms with van der Waals surface area (Å²) in [5.74, 6) is 0.406. The molecule has 3 aromatic rings. The molecule has 0 saturated carbocycles. The minimum atomic E-state index is -3.46. The van der Waals surface area contributed by atoms with E-state index in [1.54, 1.807) is 0 Å². The Labute approximate surface area is 150 Å². The highest BCUT2D eigenvalue weighted by Crippen LogP contribution is 2.31. The summed E-state index contributed by atoms with van der Waals surface area (Å²) in [6.07, 6.45) is 6.49. The molecule has 2 heterocycles. The lowest BCUT2D eigenvalue weighted by atomic mass is 9.88. The number of aromatic nitrogens is 3. The van der Waals surface area contributed by atoms with Crippen molar-refractivity contribution >= 4 is 9.84 Å². The fraction of sp³-hybridized carbons (Fsp3) is 0.278. The lowest BCUT2D eigenvalue weighted by molar-refractivity contribution is 0.431. The molecule has 0 fully saturated rings. The molecule has 1 aromatic carbocycles. The smallest absolute Gasteiger partial charge is 0.259 e. The van der Waals surface area contributed by atoms with Crippen molar-refractivity contribution in [2.75, 3.05) is 6.26 Å². The summed E-state index contributed by atoms with van der Waals surface area (Å²) in [6.45, 7) is 0. The van der Waals surface area contributed by atoms with Crippen LogP contribution in [0.3, 0.4) is 0 Å². The summed E-state index contributed by atoms with van der Waals surface area (Å²) >= 11 is 0. The molecule has 0 radical (unpaired) electrons. The summed E-state index contributed by atoms with van der Waals surface area (Å²) < 4.78 is 28.8. The highest BCUT2D eigenvalue weighted by atomic mass is 32.2. The van der Waals surface area contributed by atoms with Crippen LogP contribution in [0.5, 0.6) is 0 Å². The van der Waals surface area contributed by atoms with Gasteiger partial charge in [0, 0.05) is 18.0 Å². The van der Waals surface area contributed by atoms with Crippen LogP contribution in [0.25, 0.3) is 22.8 Å². The normalized spacial score (nSPS) is 14.2. The molecule has 0 amide bonds. The lowest BCUT2D eigenvalue weighted by Crippen LogP contribution is -2.11. The molecule has 1 aliphatic rings. The Morgan fingerprint density at radius 2 is 1.96 bits per heavy atom. The predicted molar refractivity (Wildman–Crippen MR) is 95.5 cm³/mol. The molecule has 0 saturated heterocycles. The van der Waals surface area contributed by atoms with Crippen LogP contribution in [-0.2, 0) is 22.7 Å². The van der Waals surface area contributed by atoms with Gasteiger partial charge < -0.3 is 9.51 Å². The van der Waals surface area contributed by atoms with Crippen LogP contribution in [-0.4, -0.2) is 29.8 Å². The molecule has 7 nitrogen and oxygen atoms in total. The Kier molecular flexibility index (Phi) is 3.99. The zero-order valence-electron chi connectivity index (χ0n) is 14.2. The largest absolute Gasteiger partial charge is 0.334 e. The first kappa shape index (κ1) is 16.7. The van der Waals surface area contributed by atoms with Gasteiger partial charge in [0.25, 0.3) is 11.4 Å². The van der Waals surface area contributed by atoms with E-state index >= 15 is 0 Å². The van der Waals surface area contributed by atoms with Crippen molar-refractivity contribution in [2.24, 2.45) is 0 Å². The van der Waals surface area contributed by atoms with Crippen LogP contribution >= 0.6 is 0 Å². The van der Waals surface area contributed by atoms with Crippen LogP contribution in [0.1, 0.15) is 24.0 Å². The highest BCUT2D eigenvalue weighted by molar-refractivity contribution is 7.90. The van der Waals surface area contributed by atoms with E-state index in [1.807, 2.05) is 12.1 Å². The van der Waals surface area contributed by atoms with Crippen molar-refractivity contribution in [2.45, 2.75) is 30.6 Å². The van der Waals surface area contributed by atoms with Gasteiger partial charge in [-0.1, -0.05) is 17.3 Å². The van der Waals surface area contributed by atoms with Crippen molar-refractivity contribution in [1.82, 2.24) is 15.1 Å². The fourth-order valence-electron chi connectivity index (χ4n) is 3.27. The number of nitrogens with one attached hydrogen (secondary N) is 1. The third-order valence-corrected chi connectivity index (χ3v) is 5.69. The van der Waals surface area contributed by atoms with Crippen LogP contribution < -0.4 is 5.56 Å². The van der Waals surface area contributed by atoms with Gasteiger partial charge in [0.05, 0.1) is 10.5 Å². The van der Waals surface area contributed by atoms with Crippen molar-refractivity contribution in [3.8, 4) is 22.8 Å². The molecular weight excluding hydrogens is 354 g/mol. The Morgan fingerprint density at radius 3 is 2.77 bits per heavy atom. The number of rotatable bonds is 3. The maximum atomic E-state index is 12.1. The topological polar surface area (TPSA) is 106 Å². The van der Waals surface area contributed by atoms with Crippen molar-refractivity contribution in [3.63, 3.8) is 0 Å². The SMILES string of the molecule is CS(=O)(=O)c1c[nH]c(=O)c(-c2noc(-c3cccc4c3CCCC4)n2)c1. The molecule has 4 rings (SSSR count). The first-order chi connectivity index (χ1) is 12.4. The summed E-state index contributed by atoms with van der Waals surface area (Å²) in [6, 6.07) is 7.26. The summed E-state index contributed by atoms with van der Waals surface area (Å²) in [5, 5.41) is 3.89. The first-order valence-electron chi connectivity index (χ1n) is 8.31. The monoisotopic (exact) mass is 371 g/mol. The minimum Gasteiger partial charge on any atom is -0.334 e. The van der Waals surface area contributed by atoms with Crippen LogP contribution in [0.15, 0.2) is 44.7 Å². The molecule has 0 aliphatic heterocycles. The molecule has 0 atom stereocenters. The van der Waals surface area contributed by atoms with E-state index in [2.05, 4.69) is 21.2 Å². The number of fused-ring (bicyclic) bond motifs is 1. The minimum absolute atomic E-state index is 0.00413. The van der Waals surface area contributed by atoms with E-state index in [4.69, 9.17) is 4.52 Å². The standard InChI is InChI=1S/C18H17N3O4S/c1-26(23,24)12-9-15(17(22)19-10-12)16-20-18(25-21-16)14-8-4-6-11-5-2-3-7-13(11)14/h4,6,8-10H,2-3,5,7H2,1H3,(H,19,22). The molecule has 134 valence electrons. The number of aromatic amines is 1. The molecule has 1 N–H and O–H groups in total. The average Bonchev–Trinajstić information content (AvgIpc) is 3.10. The van der Waals surface area contributed by atoms with E-state index in [0.29, 0.717) is 5.89 Å². The molecule has 0 spiro atoms. The van der Waals surface area contributed by atoms with Crippen LogP contribution in [0.4, 0.5) is 0 Å². The van der Waals surface area contributed by atoms with Gasteiger partial charge in [-0.25, -0.2) is 8.42 Å². The van der Waals surface area contributed by atoms with E-state index in [-0.39, 0.29) is 16.3 Å². The summed E-state index contributed by atoms with van der Waals surface area (Å²) in [5.41, 5.74) is 2.95. The third-order valence-electron chi connectivity index (χ3n) is 4.60. The molecule has 1 aliphatic carbocycles. The fourth-order valence-corrected chi connectivity index (χ4v) is 3.87. The van der Waals surface area contributed by atoms with Crippen LogP contribution in [0.2, 0.25) is 0 Å². The number of H-pyrrole nitrogens is 1. The predicted octanol–water partition coefficient (Wildman–Crippen LogP) is 2.37. The molecule has 8 heteroatoms.